The summed E-state index contributed by atoms with van der Waals surface area (Å²) in [6.45, 7) is 7.25. The van der Waals surface area contributed by atoms with Crippen molar-refractivity contribution in [3.8, 4) is 0 Å². The minimum atomic E-state index is -0.206. The number of carbonyl (C=O) groups excluding carboxylic acids is 1. The van der Waals surface area contributed by atoms with Gasteiger partial charge in [0.05, 0.1) is 7.11 Å². The molecule has 0 saturated carbocycles. The fraction of sp³-hybridized carbons (Fsp3) is 0.588. The van der Waals surface area contributed by atoms with E-state index in [0.717, 1.165) is 25.8 Å². The molecule has 0 aliphatic carbocycles. The molecule has 0 heterocycles. The second kappa shape index (κ2) is 8.05. The van der Waals surface area contributed by atoms with E-state index in [1.54, 1.807) is 0 Å². The predicted molar refractivity (Wildman–Crippen MR) is 82.8 cm³/mol. The number of ether oxygens (including phenoxy) is 1. The van der Waals surface area contributed by atoms with Crippen LogP contribution in [0.5, 0.6) is 0 Å². The quantitative estimate of drug-likeness (QED) is 0.741. The van der Waals surface area contributed by atoms with E-state index in [-0.39, 0.29) is 17.4 Å². The van der Waals surface area contributed by atoms with E-state index < -0.39 is 0 Å². The van der Waals surface area contributed by atoms with Gasteiger partial charge in [0.15, 0.2) is 0 Å². The number of unbranched alkanes of at least 4 members (excludes halogenated alkanes) is 1. The third-order valence-electron chi connectivity index (χ3n) is 3.68. The first kappa shape index (κ1) is 16.7. The Kier molecular flexibility index (Phi) is 6.73. The summed E-state index contributed by atoms with van der Waals surface area (Å²) in [6.07, 6.45) is 2.93. The molecule has 1 aromatic carbocycles. The molecular weight excluding hydrogens is 250 g/mol. The van der Waals surface area contributed by atoms with E-state index in [9.17, 15) is 4.79 Å². The molecule has 0 amide bonds. The second-order valence-electron chi connectivity index (χ2n) is 5.85. The number of esters is 1. The van der Waals surface area contributed by atoms with Crippen LogP contribution in [0.1, 0.15) is 45.6 Å². The minimum Gasteiger partial charge on any atom is -0.468 e. The van der Waals surface area contributed by atoms with Gasteiger partial charge in [-0.15, -0.1) is 0 Å². The van der Waals surface area contributed by atoms with Crippen LogP contribution in [0.4, 0.5) is 0 Å². The van der Waals surface area contributed by atoms with Gasteiger partial charge in [-0.05, 0) is 12.0 Å². The summed E-state index contributed by atoms with van der Waals surface area (Å²) < 4.78 is 4.88. The minimum absolute atomic E-state index is 0.0141. The van der Waals surface area contributed by atoms with Crippen LogP contribution < -0.4 is 5.32 Å². The lowest BCUT2D eigenvalue weighted by atomic mass is 9.84. The lowest BCUT2D eigenvalue weighted by Gasteiger charge is -2.28. The maximum Gasteiger partial charge on any atom is 0.322 e. The molecular formula is C17H27NO2. The van der Waals surface area contributed by atoms with Crippen molar-refractivity contribution in [1.29, 1.82) is 0 Å². The average Bonchev–Trinajstić information content (AvgIpc) is 2.47. The molecule has 1 atom stereocenters. The molecule has 3 nitrogen and oxygen atoms in total. The summed E-state index contributed by atoms with van der Waals surface area (Å²) >= 11 is 0. The molecule has 1 unspecified atom stereocenters. The van der Waals surface area contributed by atoms with Gasteiger partial charge in [0.1, 0.15) is 6.04 Å². The van der Waals surface area contributed by atoms with Crippen LogP contribution >= 0.6 is 0 Å². The van der Waals surface area contributed by atoms with E-state index in [1.165, 1.54) is 12.7 Å². The number of nitrogens with one attached hydrogen (secondary N) is 1. The van der Waals surface area contributed by atoms with Crippen molar-refractivity contribution in [2.45, 2.75) is 51.5 Å². The maximum absolute atomic E-state index is 11.8. The average molecular weight is 277 g/mol. The molecule has 0 saturated heterocycles. The molecule has 0 aliphatic rings. The third-order valence-corrected chi connectivity index (χ3v) is 3.68. The number of carbonyl (C=O) groups is 1. The smallest absolute Gasteiger partial charge is 0.322 e. The van der Waals surface area contributed by atoms with E-state index >= 15 is 0 Å². The Morgan fingerprint density at radius 3 is 2.50 bits per heavy atom. The number of benzene rings is 1. The molecule has 3 heteroatoms. The lowest BCUT2D eigenvalue weighted by molar-refractivity contribution is -0.143. The van der Waals surface area contributed by atoms with Crippen molar-refractivity contribution in [3.63, 3.8) is 0 Å². The van der Waals surface area contributed by atoms with Crippen molar-refractivity contribution in [3.05, 3.63) is 35.9 Å². The summed E-state index contributed by atoms with van der Waals surface area (Å²) in [5.41, 5.74) is 1.26. The first-order chi connectivity index (χ1) is 9.51. The predicted octanol–water partition coefficient (Wildman–Crippen LogP) is 3.29. The van der Waals surface area contributed by atoms with E-state index in [2.05, 4.69) is 38.2 Å². The Bertz CT molecular complexity index is 401. The molecule has 0 aliphatic heterocycles. The van der Waals surface area contributed by atoms with Gasteiger partial charge in [0, 0.05) is 12.0 Å². The molecule has 0 bridgehead atoms. The Morgan fingerprint density at radius 2 is 1.95 bits per heavy atom. The van der Waals surface area contributed by atoms with Gasteiger partial charge in [-0.3, -0.25) is 4.79 Å². The fourth-order valence-corrected chi connectivity index (χ4v) is 2.22. The van der Waals surface area contributed by atoms with Crippen LogP contribution in [0.15, 0.2) is 30.3 Å². The van der Waals surface area contributed by atoms with Crippen LogP contribution in [0.2, 0.25) is 0 Å². The van der Waals surface area contributed by atoms with Crippen molar-refractivity contribution in [2.24, 2.45) is 0 Å². The molecule has 1 N–H and O–H groups in total. The molecule has 0 radical (unpaired) electrons. The molecule has 20 heavy (non-hydrogen) atoms. The lowest BCUT2D eigenvalue weighted by Crippen LogP contribution is -2.43. The Balaban J connectivity index is 2.63. The van der Waals surface area contributed by atoms with E-state index in [4.69, 9.17) is 4.74 Å². The summed E-state index contributed by atoms with van der Waals surface area (Å²) in [4.78, 5) is 11.8. The molecule has 0 fully saturated rings. The summed E-state index contributed by atoms with van der Waals surface area (Å²) in [7, 11) is 1.45. The van der Waals surface area contributed by atoms with Crippen molar-refractivity contribution >= 4 is 5.97 Å². The monoisotopic (exact) mass is 277 g/mol. The molecule has 112 valence electrons. The number of hydrogen-bond acceptors (Lipinski definition) is 3. The molecule has 1 aromatic rings. The first-order valence-corrected chi connectivity index (χ1v) is 7.38. The van der Waals surface area contributed by atoms with Crippen LogP contribution in [-0.2, 0) is 14.9 Å². The van der Waals surface area contributed by atoms with Gasteiger partial charge in [-0.1, -0.05) is 63.9 Å². The highest BCUT2D eigenvalue weighted by molar-refractivity contribution is 5.75. The summed E-state index contributed by atoms with van der Waals surface area (Å²) in [6, 6.07) is 10.2. The highest BCUT2D eigenvalue weighted by atomic mass is 16.5. The van der Waals surface area contributed by atoms with Crippen molar-refractivity contribution < 1.29 is 9.53 Å². The summed E-state index contributed by atoms with van der Waals surface area (Å²) in [5, 5.41) is 3.37. The van der Waals surface area contributed by atoms with Crippen LogP contribution in [0.25, 0.3) is 0 Å². The summed E-state index contributed by atoms with van der Waals surface area (Å²) in [5.74, 6) is -0.165. The maximum atomic E-state index is 11.8. The first-order valence-electron chi connectivity index (χ1n) is 7.38. The van der Waals surface area contributed by atoms with Gasteiger partial charge in [-0.25, -0.2) is 0 Å². The molecule has 0 aromatic heterocycles. The van der Waals surface area contributed by atoms with Gasteiger partial charge in [-0.2, -0.15) is 0 Å². The van der Waals surface area contributed by atoms with Gasteiger partial charge in [0.25, 0.3) is 0 Å². The van der Waals surface area contributed by atoms with Gasteiger partial charge < -0.3 is 10.1 Å². The van der Waals surface area contributed by atoms with Gasteiger partial charge in [0.2, 0.25) is 0 Å². The third kappa shape index (κ3) is 4.97. The van der Waals surface area contributed by atoms with Gasteiger partial charge >= 0.3 is 5.97 Å². The highest BCUT2D eigenvalue weighted by Crippen LogP contribution is 2.22. The Hall–Kier alpha value is -1.35. The molecule has 0 spiro atoms. The van der Waals surface area contributed by atoms with Crippen molar-refractivity contribution in [1.82, 2.24) is 5.32 Å². The largest absolute Gasteiger partial charge is 0.468 e. The standard InChI is InChI=1S/C17H27NO2/c1-5-6-12-15(16(19)20-4)18-13-17(2,3)14-10-8-7-9-11-14/h7-11,15,18H,5-6,12-13H2,1-4H3. The van der Waals surface area contributed by atoms with Crippen molar-refractivity contribution in [2.75, 3.05) is 13.7 Å². The van der Waals surface area contributed by atoms with Crippen LogP contribution in [0, 0.1) is 0 Å². The van der Waals surface area contributed by atoms with Crippen LogP contribution in [-0.4, -0.2) is 25.7 Å². The SMILES string of the molecule is CCCCC(NCC(C)(C)c1ccccc1)C(=O)OC. The zero-order valence-electron chi connectivity index (χ0n) is 13.1. The zero-order chi connectivity index (χ0) is 15.0. The molecule has 1 rings (SSSR count). The number of rotatable bonds is 8. The fourth-order valence-electron chi connectivity index (χ4n) is 2.22. The number of hydrogen-bond donors (Lipinski definition) is 1. The normalized spacial score (nSPS) is 13.0. The topological polar surface area (TPSA) is 38.3 Å². The van der Waals surface area contributed by atoms with E-state index in [1.807, 2.05) is 18.2 Å². The second-order valence-corrected chi connectivity index (χ2v) is 5.85. The van der Waals surface area contributed by atoms with Crippen LogP contribution in [0.3, 0.4) is 0 Å². The number of methoxy groups -OCH3 is 1. The van der Waals surface area contributed by atoms with E-state index in [0.29, 0.717) is 0 Å². The highest BCUT2D eigenvalue weighted by Gasteiger charge is 2.24. The Morgan fingerprint density at radius 1 is 1.30 bits per heavy atom. The zero-order valence-corrected chi connectivity index (χ0v) is 13.1. The Labute approximate surface area is 122 Å².